The van der Waals surface area contributed by atoms with Gasteiger partial charge in [-0.25, -0.2) is 14.5 Å². The Hall–Kier alpha value is -3.22. The lowest BCUT2D eigenvalue weighted by atomic mass is 9.80. The number of phosphoric ester groups is 1. The van der Waals surface area contributed by atoms with Gasteiger partial charge in [-0.15, -0.1) is 0 Å². The van der Waals surface area contributed by atoms with Gasteiger partial charge >= 0.3 is 7.82 Å². The molecule has 49 heavy (non-hydrogen) atoms. The molecule has 2 aromatic heterocycles. The van der Waals surface area contributed by atoms with Crippen molar-refractivity contribution in [1.82, 2.24) is 19.9 Å². The number of alkyl halides is 1. The number of rotatable bonds is 18. The molecule has 0 aliphatic heterocycles. The number of nitrogens with one attached hydrogen (secondary N) is 1. The van der Waals surface area contributed by atoms with Crippen LogP contribution in [0.4, 0.5) is 5.82 Å². The molecule has 0 saturated heterocycles. The summed E-state index contributed by atoms with van der Waals surface area (Å²) in [4.78, 5) is 40.0. The third kappa shape index (κ3) is 10.2. The van der Waals surface area contributed by atoms with Crippen LogP contribution < -0.4 is 15.6 Å². The number of carbonyl (C=O) groups is 1. The minimum absolute atomic E-state index is 0.0220. The van der Waals surface area contributed by atoms with Gasteiger partial charge in [-0.3, -0.25) is 14.6 Å². The van der Waals surface area contributed by atoms with Crippen molar-refractivity contribution >= 4 is 57.4 Å². The number of halogens is 1. The van der Waals surface area contributed by atoms with Crippen LogP contribution in [0.15, 0.2) is 36.4 Å². The third-order valence-electron chi connectivity index (χ3n) is 8.73. The van der Waals surface area contributed by atoms with E-state index in [1.165, 1.54) is 6.07 Å². The summed E-state index contributed by atoms with van der Waals surface area (Å²) < 4.78 is 24.2. The predicted molar refractivity (Wildman–Crippen MR) is 196 cm³/mol. The molecule has 0 saturated carbocycles. The van der Waals surface area contributed by atoms with E-state index >= 15 is 0 Å². The van der Waals surface area contributed by atoms with Gasteiger partial charge in [0, 0.05) is 36.1 Å². The number of pyridine rings is 1. The molecule has 14 heteroatoms. The molecule has 2 heterocycles. The average molecular weight is 763 g/mol. The Morgan fingerprint density at radius 2 is 1.78 bits per heavy atom. The van der Waals surface area contributed by atoms with E-state index in [1.807, 2.05) is 24.5 Å². The number of aromatic nitrogens is 3. The van der Waals surface area contributed by atoms with Gasteiger partial charge in [-0.2, -0.15) is 0 Å². The summed E-state index contributed by atoms with van der Waals surface area (Å²) in [6, 6.07) is 10.8. The SMILES string of the molecule is CCCCc1nc2c(N)nc3cc(C(C)(C)CCCOCCCC(C)(C)NC(=O)CBr)ccc3c2n1Cc1cccc(OP(=O)(O)O)c1O. The Labute approximate surface area is 296 Å². The van der Waals surface area contributed by atoms with Crippen LogP contribution >= 0.6 is 23.8 Å². The van der Waals surface area contributed by atoms with Crippen LogP contribution in [-0.2, 0) is 32.5 Å². The number of benzene rings is 2. The Morgan fingerprint density at radius 1 is 1.06 bits per heavy atom. The summed E-state index contributed by atoms with van der Waals surface area (Å²) in [7, 11) is -4.87. The summed E-state index contributed by atoms with van der Waals surface area (Å²) in [6.45, 7) is 12.0. The van der Waals surface area contributed by atoms with Crippen LogP contribution in [0.5, 0.6) is 11.5 Å². The van der Waals surface area contributed by atoms with Crippen molar-refractivity contribution in [1.29, 1.82) is 0 Å². The highest BCUT2D eigenvalue weighted by molar-refractivity contribution is 9.09. The van der Waals surface area contributed by atoms with Gasteiger partial charge in [0.15, 0.2) is 17.3 Å². The molecular formula is C35H49BrN5O7P. The lowest BCUT2D eigenvalue weighted by Crippen LogP contribution is -2.44. The van der Waals surface area contributed by atoms with Crippen LogP contribution in [-0.4, -0.2) is 59.4 Å². The van der Waals surface area contributed by atoms with Crippen LogP contribution in [0.25, 0.3) is 21.9 Å². The molecule has 0 bridgehead atoms. The lowest BCUT2D eigenvalue weighted by molar-refractivity contribution is -0.120. The molecule has 2 aromatic carbocycles. The van der Waals surface area contributed by atoms with E-state index in [1.54, 1.807) is 12.1 Å². The number of nitrogen functional groups attached to an aromatic ring is 1. The van der Waals surface area contributed by atoms with Crippen molar-refractivity contribution in [2.75, 3.05) is 24.3 Å². The Bertz CT molecular complexity index is 1820. The number of nitrogens with two attached hydrogens (primary N) is 1. The smallest absolute Gasteiger partial charge is 0.504 e. The summed E-state index contributed by atoms with van der Waals surface area (Å²) in [5.41, 5.74) is 9.69. The van der Waals surface area contributed by atoms with Crippen molar-refractivity contribution in [3.8, 4) is 11.5 Å². The molecule has 6 N–H and O–H groups in total. The molecule has 268 valence electrons. The van der Waals surface area contributed by atoms with E-state index in [0.29, 0.717) is 41.9 Å². The zero-order valence-corrected chi connectivity index (χ0v) is 31.4. The van der Waals surface area contributed by atoms with Crippen molar-refractivity contribution < 1.29 is 33.5 Å². The maximum absolute atomic E-state index is 11.7. The van der Waals surface area contributed by atoms with E-state index < -0.39 is 7.82 Å². The number of amides is 1. The van der Waals surface area contributed by atoms with Crippen molar-refractivity contribution in [3.63, 3.8) is 0 Å². The van der Waals surface area contributed by atoms with Gasteiger partial charge in [-0.1, -0.05) is 67.4 Å². The number of ether oxygens (including phenoxy) is 1. The largest absolute Gasteiger partial charge is 0.524 e. The van der Waals surface area contributed by atoms with E-state index in [9.17, 15) is 24.3 Å². The molecule has 4 aromatic rings. The molecule has 12 nitrogen and oxygen atoms in total. The van der Waals surface area contributed by atoms with E-state index in [-0.39, 0.29) is 34.9 Å². The zero-order chi connectivity index (χ0) is 36.0. The van der Waals surface area contributed by atoms with Crippen molar-refractivity contribution in [2.24, 2.45) is 0 Å². The van der Waals surface area contributed by atoms with Gasteiger partial charge in [0.05, 0.1) is 22.9 Å². The Balaban J connectivity index is 1.54. The number of carbonyl (C=O) groups excluding carboxylic acids is 1. The number of aromatic hydroxyl groups is 1. The normalized spacial score (nSPS) is 12.6. The maximum Gasteiger partial charge on any atom is 0.524 e. The first-order chi connectivity index (χ1) is 23.0. The number of phenolic OH excluding ortho intramolecular Hbond substituents is 1. The Kier molecular flexibility index (Phi) is 12.8. The van der Waals surface area contributed by atoms with Gasteiger partial charge in [0.1, 0.15) is 11.3 Å². The molecule has 4 rings (SSSR count). The topological polar surface area (TPSA) is 182 Å². The third-order valence-corrected chi connectivity index (χ3v) is 9.67. The lowest BCUT2D eigenvalue weighted by Gasteiger charge is -2.26. The number of anilines is 1. The Morgan fingerprint density at radius 3 is 2.45 bits per heavy atom. The number of imidazole rings is 1. The minimum atomic E-state index is -4.87. The first kappa shape index (κ1) is 38.6. The molecule has 0 radical (unpaired) electrons. The molecule has 0 aliphatic carbocycles. The number of hydrogen-bond donors (Lipinski definition) is 5. The highest BCUT2D eigenvalue weighted by Gasteiger charge is 2.25. The first-order valence-electron chi connectivity index (χ1n) is 16.6. The number of para-hydroxylation sites is 1. The van der Waals surface area contributed by atoms with Gasteiger partial charge < -0.3 is 30.0 Å². The number of phenols is 1. The fourth-order valence-corrected chi connectivity index (χ4v) is 6.64. The van der Waals surface area contributed by atoms with E-state index in [0.717, 1.165) is 66.3 Å². The number of fused-ring (bicyclic) bond motifs is 3. The summed E-state index contributed by atoms with van der Waals surface area (Å²) in [5, 5.41) is 15.1. The fraction of sp³-hybridized carbons (Fsp3) is 0.514. The molecule has 0 aliphatic rings. The second-order valence-electron chi connectivity index (χ2n) is 13.8. The van der Waals surface area contributed by atoms with Gasteiger partial charge in [0.25, 0.3) is 0 Å². The van der Waals surface area contributed by atoms with E-state index in [4.69, 9.17) is 25.0 Å². The van der Waals surface area contributed by atoms with Crippen molar-refractivity contribution in [3.05, 3.63) is 53.3 Å². The highest BCUT2D eigenvalue weighted by Crippen LogP contribution is 2.43. The first-order valence-corrected chi connectivity index (χ1v) is 19.3. The highest BCUT2D eigenvalue weighted by atomic mass is 79.9. The predicted octanol–water partition coefficient (Wildman–Crippen LogP) is 6.88. The van der Waals surface area contributed by atoms with Crippen LogP contribution in [0.3, 0.4) is 0 Å². The summed E-state index contributed by atoms with van der Waals surface area (Å²) in [6.07, 6.45) is 5.97. The number of hydrogen-bond acceptors (Lipinski definition) is 8. The molecule has 1 amide bonds. The van der Waals surface area contributed by atoms with Gasteiger partial charge in [0.2, 0.25) is 5.91 Å². The minimum Gasteiger partial charge on any atom is -0.504 e. The number of unbranched alkanes of at least 4 members (excludes halogenated alkanes) is 1. The fourth-order valence-electron chi connectivity index (χ4n) is 6.09. The van der Waals surface area contributed by atoms with Crippen LogP contribution in [0.2, 0.25) is 0 Å². The van der Waals surface area contributed by atoms with Crippen molar-refractivity contribution in [2.45, 2.75) is 97.1 Å². The summed E-state index contributed by atoms with van der Waals surface area (Å²) >= 11 is 3.19. The monoisotopic (exact) mass is 761 g/mol. The zero-order valence-electron chi connectivity index (χ0n) is 29.0. The van der Waals surface area contributed by atoms with Gasteiger partial charge in [-0.05, 0) is 69.1 Å². The second kappa shape index (κ2) is 16.2. The van der Waals surface area contributed by atoms with E-state index in [2.05, 4.69) is 54.2 Å². The molecule has 0 atom stereocenters. The quantitative estimate of drug-likeness (QED) is 0.0407. The van der Waals surface area contributed by atoms with Crippen LogP contribution in [0.1, 0.15) is 90.1 Å². The average Bonchev–Trinajstić information content (AvgIpc) is 3.38. The van der Waals surface area contributed by atoms with Crippen LogP contribution in [0, 0.1) is 0 Å². The number of nitrogens with zero attached hydrogens (tertiary/aromatic N) is 3. The molecule has 0 spiro atoms. The number of aryl methyl sites for hydroxylation is 1. The molecular weight excluding hydrogens is 713 g/mol. The number of phosphoric acid groups is 1. The molecule has 0 fully saturated rings. The second-order valence-corrected chi connectivity index (χ2v) is 15.5. The summed E-state index contributed by atoms with van der Waals surface area (Å²) in [5.74, 6) is 0.408. The standard InChI is InChI=1S/C35H49BrN5O7P/c1-6-7-13-28-39-30-31(41(28)22-23-11-8-12-27(32(23)43)48-49(44,45)46)25-15-14-24(20-26(25)38-33(30)37)34(2,3)16-9-18-47-19-10-17-35(4,5)40-29(42)21-36/h8,11-12,14-15,20,43H,6-7,9-10,13,16-19,21-22H2,1-5H3,(H2,37,38)(H,40,42)(H2,44,45,46). The maximum atomic E-state index is 11.7. The molecule has 0 unspecified atom stereocenters.